The zero-order valence-electron chi connectivity index (χ0n) is 8.30. The second-order valence-corrected chi connectivity index (χ2v) is 4.87. The van der Waals surface area contributed by atoms with Gasteiger partial charge in [-0.1, -0.05) is 0 Å². The number of carboxylic acid groups (broad SMARTS) is 1. The Bertz CT molecular complexity index is 432. The zero-order valence-corrected chi connectivity index (χ0v) is 9.11. The predicted octanol–water partition coefficient (Wildman–Crippen LogP) is 0.164. The summed E-state index contributed by atoms with van der Waals surface area (Å²) in [5.74, 6) is -1.32. The Morgan fingerprint density at radius 3 is 2.67 bits per heavy atom. The Labute approximate surface area is 87.3 Å². The third-order valence-electron chi connectivity index (χ3n) is 1.71. The third kappa shape index (κ3) is 2.63. The number of carboxylic acids is 1. The molecule has 84 valence electrons. The molecule has 0 radical (unpaired) electrons. The van der Waals surface area contributed by atoms with Gasteiger partial charge in [0, 0.05) is 0 Å². The van der Waals surface area contributed by atoms with Crippen molar-refractivity contribution in [3.05, 3.63) is 10.5 Å². The van der Waals surface area contributed by atoms with E-state index in [1.165, 1.54) is 0 Å². The molecule has 1 N–H and O–H groups in total. The van der Waals surface area contributed by atoms with Gasteiger partial charge in [-0.25, -0.2) is 4.79 Å². The lowest BCUT2D eigenvalue weighted by molar-refractivity contribution is -0.132. The van der Waals surface area contributed by atoms with Crippen molar-refractivity contribution >= 4 is 22.2 Å². The summed E-state index contributed by atoms with van der Waals surface area (Å²) in [6, 6.07) is 0. The van der Waals surface area contributed by atoms with Crippen LogP contribution in [0.2, 0.25) is 0 Å². The molecule has 1 aliphatic heterocycles. The Hall–Kier alpha value is -1.21. The fraction of sp³-hybridized carbons (Fsp3) is 0.500. The Morgan fingerprint density at radius 2 is 2.20 bits per heavy atom. The van der Waals surface area contributed by atoms with E-state index in [-0.39, 0.29) is 23.2 Å². The van der Waals surface area contributed by atoms with Crippen LogP contribution >= 0.6 is 0 Å². The predicted molar refractivity (Wildman–Crippen MR) is 53.2 cm³/mol. The van der Waals surface area contributed by atoms with Crippen molar-refractivity contribution in [2.24, 2.45) is 4.40 Å². The number of carbonyl (C=O) groups is 1. The van der Waals surface area contributed by atoms with E-state index in [9.17, 15) is 13.2 Å². The average molecular weight is 233 g/mol. The van der Waals surface area contributed by atoms with Gasteiger partial charge in [-0.05, 0) is 13.8 Å². The third-order valence-corrected chi connectivity index (χ3v) is 3.05. The molecule has 0 bridgehead atoms. The normalized spacial score (nSPS) is 18.9. The minimum absolute atomic E-state index is 0.177. The van der Waals surface area contributed by atoms with Gasteiger partial charge < -0.3 is 9.84 Å². The van der Waals surface area contributed by atoms with Gasteiger partial charge in [-0.3, -0.25) is 0 Å². The summed E-state index contributed by atoms with van der Waals surface area (Å²) in [5.41, 5.74) is -0.323. The molecule has 0 aromatic rings. The van der Waals surface area contributed by atoms with E-state index in [2.05, 4.69) is 4.40 Å². The molecule has 0 aromatic heterocycles. The van der Waals surface area contributed by atoms with Crippen LogP contribution in [-0.2, 0) is 19.6 Å². The molecule has 0 aromatic carbocycles. The maximum absolute atomic E-state index is 11.3. The lowest BCUT2D eigenvalue weighted by Crippen LogP contribution is -2.13. The zero-order chi connectivity index (χ0) is 11.6. The Kier molecular flexibility index (Phi) is 3.25. The van der Waals surface area contributed by atoms with Crippen LogP contribution in [0.25, 0.3) is 0 Å². The summed E-state index contributed by atoms with van der Waals surface area (Å²) in [4.78, 5) is 10.4. The van der Waals surface area contributed by atoms with E-state index >= 15 is 0 Å². The molecule has 15 heavy (non-hydrogen) atoms. The maximum atomic E-state index is 11.3. The highest BCUT2D eigenvalue weighted by Crippen LogP contribution is 2.20. The highest BCUT2D eigenvalue weighted by Gasteiger charge is 2.29. The van der Waals surface area contributed by atoms with Crippen molar-refractivity contribution in [1.82, 2.24) is 0 Å². The van der Waals surface area contributed by atoms with Gasteiger partial charge in [0.15, 0.2) is 0 Å². The minimum atomic E-state index is -3.83. The van der Waals surface area contributed by atoms with Gasteiger partial charge in [0.05, 0.1) is 24.5 Å². The lowest BCUT2D eigenvalue weighted by atomic mass is 10.3. The summed E-state index contributed by atoms with van der Waals surface area (Å²) in [7, 11) is -3.83. The van der Waals surface area contributed by atoms with Crippen LogP contribution in [0.15, 0.2) is 14.9 Å². The largest absolute Gasteiger partial charge is 0.478 e. The molecule has 7 heteroatoms. The molecule has 0 atom stereocenters. The fourth-order valence-corrected chi connectivity index (χ4v) is 1.97. The first-order chi connectivity index (χ1) is 6.84. The molecule has 0 amide bonds. The summed E-state index contributed by atoms with van der Waals surface area (Å²) < 4.78 is 30.8. The highest BCUT2D eigenvalue weighted by molar-refractivity contribution is 7.94. The van der Waals surface area contributed by atoms with Crippen LogP contribution in [0.4, 0.5) is 0 Å². The fourth-order valence-electron chi connectivity index (χ4n) is 0.966. The van der Waals surface area contributed by atoms with Crippen molar-refractivity contribution < 1.29 is 23.1 Å². The first-order valence-electron chi connectivity index (χ1n) is 4.23. The Morgan fingerprint density at radius 1 is 1.60 bits per heavy atom. The van der Waals surface area contributed by atoms with Gasteiger partial charge in [0.25, 0.3) is 10.0 Å². The first kappa shape index (κ1) is 11.9. The molecule has 0 spiro atoms. The standard InChI is InChI=1S/C8H11NO5S/c1-5(2)14-4-7-6(8(10)11)3-9-15(7,12)13/h3,5H,4H2,1-2H3,(H,10,11). The van der Waals surface area contributed by atoms with Gasteiger partial charge in [0.1, 0.15) is 4.91 Å². The molecule has 0 aliphatic carbocycles. The quantitative estimate of drug-likeness (QED) is 0.746. The van der Waals surface area contributed by atoms with Gasteiger partial charge >= 0.3 is 5.97 Å². The summed E-state index contributed by atoms with van der Waals surface area (Å²) in [6.45, 7) is 3.19. The van der Waals surface area contributed by atoms with E-state index in [0.717, 1.165) is 6.21 Å². The molecular formula is C8H11NO5S. The smallest absolute Gasteiger partial charge is 0.338 e. The molecule has 0 unspecified atom stereocenters. The van der Waals surface area contributed by atoms with E-state index in [4.69, 9.17) is 9.84 Å². The van der Waals surface area contributed by atoms with Crippen LogP contribution in [0.5, 0.6) is 0 Å². The van der Waals surface area contributed by atoms with Gasteiger partial charge in [-0.2, -0.15) is 12.8 Å². The van der Waals surface area contributed by atoms with Crippen LogP contribution < -0.4 is 0 Å². The molecule has 0 fully saturated rings. The number of ether oxygens (including phenoxy) is 1. The number of rotatable bonds is 4. The van der Waals surface area contributed by atoms with Crippen LogP contribution in [0.3, 0.4) is 0 Å². The minimum Gasteiger partial charge on any atom is -0.478 e. The second-order valence-electron chi connectivity index (χ2n) is 3.21. The molecule has 0 saturated heterocycles. The molecular weight excluding hydrogens is 222 g/mol. The highest BCUT2D eigenvalue weighted by atomic mass is 32.2. The number of hydrogen-bond acceptors (Lipinski definition) is 4. The molecule has 1 rings (SSSR count). The number of hydrogen-bond donors (Lipinski definition) is 1. The van der Waals surface area contributed by atoms with E-state index < -0.39 is 16.0 Å². The summed E-state index contributed by atoms with van der Waals surface area (Å²) >= 11 is 0. The van der Waals surface area contributed by atoms with Crippen molar-refractivity contribution in [2.45, 2.75) is 20.0 Å². The lowest BCUT2D eigenvalue weighted by Gasteiger charge is -2.07. The SMILES string of the molecule is CC(C)OCC1=C(C(=O)O)C=NS1(=O)=O. The van der Waals surface area contributed by atoms with E-state index in [1.807, 2.05) is 0 Å². The monoisotopic (exact) mass is 233 g/mol. The average Bonchev–Trinajstić information content (AvgIpc) is 2.37. The summed E-state index contributed by atoms with van der Waals surface area (Å²) in [5, 5.41) is 8.71. The van der Waals surface area contributed by atoms with Gasteiger partial charge in [0.2, 0.25) is 0 Å². The first-order valence-corrected chi connectivity index (χ1v) is 5.67. The topological polar surface area (TPSA) is 93.0 Å². The number of sulfonamides is 1. The van der Waals surface area contributed by atoms with Crippen molar-refractivity contribution in [3.63, 3.8) is 0 Å². The van der Waals surface area contributed by atoms with Crippen LogP contribution in [0.1, 0.15) is 13.8 Å². The van der Waals surface area contributed by atoms with Crippen molar-refractivity contribution in [3.8, 4) is 0 Å². The molecule has 1 heterocycles. The second kappa shape index (κ2) is 4.11. The summed E-state index contributed by atoms with van der Waals surface area (Å²) in [6.07, 6.45) is 0.653. The van der Waals surface area contributed by atoms with Gasteiger partial charge in [-0.15, -0.1) is 0 Å². The van der Waals surface area contributed by atoms with E-state index in [0.29, 0.717) is 0 Å². The maximum Gasteiger partial charge on any atom is 0.338 e. The molecule has 1 aliphatic rings. The number of nitrogens with zero attached hydrogens (tertiary/aromatic N) is 1. The molecule has 6 nitrogen and oxygen atoms in total. The van der Waals surface area contributed by atoms with Crippen molar-refractivity contribution in [2.75, 3.05) is 6.61 Å². The van der Waals surface area contributed by atoms with Crippen LogP contribution in [-0.4, -0.2) is 38.4 Å². The molecule has 0 saturated carbocycles. The Balaban J connectivity index is 2.99. The van der Waals surface area contributed by atoms with Crippen LogP contribution in [0, 0.1) is 0 Å². The van der Waals surface area contributed by atoms with E-state index in [1.54, 1.807) is 13.8 Å². The van der Waals surface area contributed by atoms with Crippen molar-refractivity contribution in [1.29, 1.82) is 0 Å². The number of aliphatic carboxylic acids is 1.